The van der Waals surface area contributed by atoms with E-state index >= 15 is 0 Å². The molecule has 0 radical (unpaired) electrons. The average Bonchev–Trinajstić information content (AvgIpc) is 2.87. The first-order valence-electron chi connectivity index (χ1n) is 13.6. The summed E-state index contributed by atoms with van der Waals surface area (Å²) in [6, 6.07) is 6.08. The van der Waals surface area contributed by atoms with E-state index in [-0.39, 0.29) is 19.6 Å². The number of nitrogens with one attached hydrogen (secondary N) is 3. The summed E-state index contributed by atoms with van der Waals surface area (Å²) in [6.45, 7) is 0.793. The van der Waals surface area contributed by atoms with E-state index in [0.29, 0.717) is 96.3 Å². The van der Waals surface area contributed by atoms with E-state index in [4.69, 9.17) is 15.8 Å². The van der Waals surface area contributed by atoms with Gasteiger partial charge < -0.3 is 0 Å². The standard InChI is InChI=1S/C24H44N6O6S3/c1-2-24(37(31,32)28-21-15-9-3-6-12-18-25,38(33,34)29-22-16-10-4-7-13-19-26)39(35,36)30-23-17-11-5-8-14-20-27/h28-30H,2-17,21-23H2,1H3. The van der Waals surface area contributed by atoms with Crippen molar-refractivity contribution in [2.24, 2.45) is 0 Å². The molecule has 0 unspecified atom stereocenters. The summed E-state index contributed by atoms with van der Waals surface area (Å²) in [6.07, 6.45) is 7.32. The molecule has 0 aliphatic carbocycles. The fourth-order valence-electron chi connectivity index (χ4n) is 4.00. The lowest BCUT2D eigenvalue weighted by Crippen LogP contribution is -2.63. The summed E-state index contributed by atoms with van der Waals surface area (Å²) in [5.74, 6) is 0. The van der Waals surface area contributed by atoms with Gasteiger partial charge >= 0.3 is 3.41 Å². The Morgan fingerprint density at radius 2 is 0.744 bits per heavy atom. The van der Waals surface area contributed by atoms with Gasteiger partial charge in [-0.15, -0.1) is 0 Å². The van der Waals surface area contributed by atoms with E-state index in [2.05, 4.69) is 14.2 Å². The number of nitriles is 3. The van der Waals surface area contributed by atoms with Crippen LogP contribution < -0.4 is 14.2 Å². The third kappa shape index (κ3) is 12.5. The minimum atomic E-state index is -4.93. The number of hydrogen-bond donors (Lipinski definition) is 3. The summed E-state index contributed by atoms with van der Waals surface area (Å²) >= 11 is 0. The fraction of sp³-hybridized carbons (Fsp3) is 0.875. The zero-order valence-electron chi connectivity index (χ0n) is 23.0. The van der Waals surface area contributed by atoms with Crippen molar-refractivity contribution in [3.8, 4) is 18.2 Å². The fourth-order valence-corrected chi connectivity index (χ4v) is 11.6. The summed E-state index contributed by atoms with van der Waals surface area (Å²) in [7, 11) is -14.8. The van der Waals surface area contributed by atoms with Crippen LogP contribution >= 0.6 is 0 Å². The Balaban J connectivity index is 5.70. The maximum atomic E-state index is 13.5. The van der Waals surface area contributed by atoms with Gasteiger partial charge in [0.05, 0.1) is 18.2 Å². The lowest BCUT2D eigenvalue weighted by molar-refractivity contribution is 0.520. The molecule has 0 aromatic carbocycles. The van der Waals surface area contributed by atoms with Crippen LogP contribution in [-0.4, -0.2) is 48.3 Å². The van der Waals surface area contributed by atoms with Crippen molar-refractivity contribution in [2.45, 2.75) is 113 Å². The highest BCUT2D eigenvalue weighted by Crippen LogP contribution is 2.33. The molecule has 0 rings (SSSR count). The van der Waals surface area contributed by atoms with Crippen LogP contribution in [0.15, 0.2) is 0 Å². The molecule has 3 N–H and O–H groups in total. The maximum absolute atomic E-state index is 13.5. The predicted molar refractivity (Wildman–Crippen MR) is 150 cm³/mol. The molecule has 0 saturated heterocycles. The molecule has 0 aliphatic rings. The van der Waals surface area contributed by atoms with Gasteiger partial charge in [0.2, 0.25) is 30.1 Å². The van der Waals surface area contributed by atoms with Crippen molar-refractivity contribution >= 4 is 30.1 Å². The van der Waals surface area contributed by atoms with Crippen molar-refractivity contribution in [1.82, 2.24) is 14.2 Å². The normalized spacial score (nSPS) is 12.5. The Morgan fingerprint density at radius 3 is 0.974 bits per heavy atom. The van der Waals surface area contributed by atoms with Crippen LogP contribution in [0.5, 0.6) is 0 Å². The van der Waals surface area contributed by atoms with Crippen molar-refractivity contribution in [1.29, 1.82) is 15.8 Å². The smallest absolute Gasteiger partial charge is 0.213 e. The highest BCUT2D eigenvalue weighted by Gasteiger charge is 2.64. The van der Waals surface area contributed by atoms with E-state index in [1.54, 1.807) is 0 Å². The summed E-state index contributed by atoms with van der Waals surface area (Å²) < 4.78 is 84.3. The Bertz CT molecular complexity index is 996. The van der Waals surface area contributed by atoms with Gasteiger partial charge in [0.15, 0.2) is 0 Å². The van der Waals surface area contributed by atoms with Gasteiger partial charge in [0.25, 0.3) is 0 Å². The van der Waals surface area contributed by atoms with Gasteiger partial charge in [-0.1, -0.05) is 45.4 Å². The first-order chi connectivity index (χ1) is 18.5. The van der Waals surface area contributed by atoms with Crippen LogP contribution in [-0.2, 0) is 30.1 Å². The first-order valence-corrected chi connectivity index (χ1v) is 18.0. The van der Waals surface area contributed by atoms with Crippen molar-refractivity contribution in [2.75, 3.05) is 19.6 Å². The number of hydrogen-bond acceptors (Lipinski definition) is 9. The van der Waals surface area contributed by atoms with Crippen LogP contribution in [0.2, 0.25) is 0 Å². The second-order valence-corrected chi connectivity index (χ2v) is 15.9. The van der Waals surface area contributed by atoms with E-state index in [0.717, 1.165) is 0 Å². The summed E-state index contributed by atoms with van der Waals surface area (Å²) in [5, 5.41) is 25.8. The topological polar surface area (TPSA) is 210 Å². The lowest BCUT2D eigenvalue weighted by atomic mass is 10.1. The molecular formula is C24H44N6O6S3. The minimum Gasteiger partial charge on any atom is -0.213 e. The molecule has 0 aliphatic heterocycles. The molecule has 0 aromatic heterocycles. The molecular weight excluding hydrogens is 565 g/mol. The molecule has 0 heterocycles. The van der Waals surface area contributed by atoms with E-state index in [1.807, 2.05) is 18.2 Å². The number of unbranched alkanes of at least 4 members (excludes halogenated alkanes) is 12. The summed E-state index contributed by atoms with van der Waals surface area (Å²) in [4.78, 5) is 0. The number of rotatable bonds is 25. The van der Waals surface area contributed by atoms with Gasteiger partial charge in [-0.05, 0) is 44.9 Å². The minimum absolute atomic E-state index is 0.139. The maximum Gasteiger partial charge on any atom is 0.312 e. The Kier molecular flexibility index (Phi) is 19.2. The molecule has 0 fully saturated rings. The zero-order valence-corrected chi connectivity index (χ0v) is 25.4. The van der Waals surface area contributed by atoms with Gasteiger partial charge in [-0.2, -0.15) is 15.8 Å². The molecule has 0 aromatic rings. The average molecular weight is 609 g/mol. The van der Waals surface area contributed by atoms with Gasteiger partial charge in [-0.3, -0.25) is 0 Å². The van der Waals surface area contributed by atoms with Crippen LogP contribution in [0.1, 0.15) is 110 Å². The molecule has 224 valence electrons. The molecule has 0 bridgehead atoms. The highest BCUT2D eigenvalue weighted by atomic mass is 32.3. The van der Waals surface area contributed by atoms with Crippen LogP contribution in [0.3, 0.4) is 0 Å². The van der Waals surface area contributed by atoms with Crippen LogP contribution in [0.4, 0.5) is 0 Å². The van der Waals surface area contributed by atoms with Crippen molar-refractivity contribution in [3.63, 3.8) is 0 Å². The monoisotopic (exact) mass is 608 g/mol. The highest BCUT2D eigenvalue weighted by molar-refractivity contribution is 8.24. The van der Waals surface area contributed by atoms with Gasteiger partial charge in [0, 0.05) is 38.9 Å². The molecule has 0 atom stereocenters. The van der Waals surface area contributed by atoms with E-state index < -0.39 is 39.9 Å². The SMILES string of the molecule is CCC(S(=O)(=O)NCCCCCCC#N)(S(=O)(=O)NCCCCCCC#N)S(=O)(=O)NCCCCCCC#N. The Labute approximate surface area is 235 Å². The Morgan fingerprint density at radius 1 is 0.487 bits per heavy atom. The number of sulfonamides is 3. The van der Waals surface area contributed by atoms with Crippen LogP contribution in [0, 0.1) is 34.0 Å². The third-order valence-electron chi connectivity index (χ3n) is 6.18. The largest absolute Gasteiger partial charge is 0.312 e. The zero-order chi connectivity index (χ0) is 29.7. The van der Waals surface area contributed by atoms with E-state index in [1.165, 1.54) is 6.92 Å². The van der Waals surface area contributed by atoms with E-state index in [9.17, 15) is 25.3 Å². The first kappa shape index (κ1) is 37.2. The van der Waals surface area contributed by atoms with Crippen molar-refractivity contribution < 1.29 is 25.3 Å². The molecule has 0 amide bonds. The molecule has 39 heavy (non-hydrogen) atoms. The van der Waals surface area contributed by atoms with Gasteiger partial charge in [-0.25, -0.2) is 39.4 Å². The second kappa shape index (κ2) is 20.1. The lowest BCUT2D eigenvalue weighted by Gasteiger charge is -2.31. The molecule has 15 heteroatoms. The quantitative estimate of drug-likeness (QED) is 0.130. The molecule has 0 saturated carbocycles. The molecule has 12 nitrogen and oxygen atoms in total. The molecule has 0 spiro atoms. The second-order valence-electron chi connectivity index (χ2n) is 9.20. The van der Waals surface area contributed by atoms with Crippen LogP contribution in [0.25, 0.3) is 0 Å². The summed E-state index contributed by atoms with van der Waals surface area (Å²) in [5.41, 5.74) is 0. The van der Waals surface area contributed by atoms with Crippen molar-refractivity contribution in [3.05, 3.63) is 0 Å². The Hall–Kier alpha value is -1.80. The predicted octanol–water partition coefficient (Wildman–Crippen LogP) is 3.23. The third-order valence-corrected chi connectivity index (χ3v) is 15.2. The number of nitrogens with zero attached hydrogens (tertiary/aromatic N) is 3. The van der Waals surface area contributed by atoms with Gasteiger partial charge in [0.1, 0.15) is 0 Å².